The number of nitrogens with zero attached hydrogens (tertiary/aromatic N) is 2. The van der Waals surface area contributed by atoms with Gasteiger partial charge in [-0.05, 0) is 25.4 Å². The van der Waals surface area contributed by atoms with Crippen LogP contribution in [0.25, 0.3) is 10.8 Å². The maximum Gasteiger partial charge on any atom is 0.319 e. The van der Waals surface area contributed by atoms with Crippen LogP contribution in [0.4, 0.5) is 10.5 Å². The molecule has 2 amide bonds. The highest BCUT2D eigenvalue weighted by atomic mass is 16.2. The molecule has 2 N–H and O–H groups in total. The first-order valence-corrected chi connectivity index (χ1v) is 8.58. The van der Waals surface area contributed by atoms with Crippen LogP contribution < -0.4 is 10.6 Å². The van der Waals surface area contributed by atoms with E-state index in [0.29, 0.717) is 0 Å². The fourth-order valence-corrected chi connectivity index (χ4v) is 3.18. The minimum Gasteiger partial charge on any atom is -0.334 e. The summed E-state index contributed by atoms with van der Waals surface area (Å²) >= 11 is 0. The molecule has 1 heterocycles. The average molecular weight is 326 g/mol. The number of amides is 2. The first-order chi connectivity index (χ1) is 11.6. The van der Waals surface area contributed by atoms with Crippen molar-refractivity contribution in [1.82, 2.24) is 15.1 Å². The van der Waals surface area contributed by atoms with Gasteiger partial charge in [-0.2, -0.15) is 0 Å². The summed E-state index contributed by atoms with van der Waals surface area (Å²) in [6, 6.07) is 14.0. The summed E-state index contributed by atoms with van der Waals surface area (Å²) in [5.41, 5.74) is 0.845. The smallest absolute Gasteiger partial charge is 0.319 e. The molecule has 2 aromatic rings. The Hall–Kier alpha value is -2.11. The molecule has 3 rings (SSSR count). The van der Waals surface area contributed by atoms with E-state index in [1.54, 1.807) is 0 Å². The van der Waals surface area contributed by atoms with Crippen molar-refractivity contribution in [1.29, 1.82) is 0 Å². The highest BCUT2D eigenvalue weighted by molar-refractivity contribution is 6.01. The standard InChI is InChI=1S/C19H26N4O/c1-15(14-23-12-10-22(2)11-13-23)20-19(24)21-18-9-5-7-16-6-3-4-8-17(16)18/h3-9,15H,10-14H2,1-2H3,(H2,20,21,24). The topological polar surface area (TPSA) is 47.6 Å². The minimum absolute atomic E-state index is 0.114. The summed E-state index contributed by atoms with van der Waals surface area (Å²) in [5.74, 6) is 0. The Morgan fingerprint density at radius 1 is 1.08 bits per heavy atom. The van der Waals surface area contributed by atoms with Crippen LogP contribution in [0.2, 0.25) is 0 Å². The van der Waals surface area contributed by atoms with Gasteiger partial charge >= 0.3 is 6.03 Å². The van der Waals surface area contributed by atoms with Gasteiger partial charge in [0.1, 0.15) is 0 Å². The molecule has 1 fully saturated rings. The van der Waals surface area contributed by atoms with Gasteiger partial charge in [0.2, 0.25) is 0 Å². The molecule has 1 saturated heterocycles. The second-order valence-electron chi connectivity index (χ2n) is 6.63. The Balaban J connectivity index is 1.55. The third-order valence-corrected chi connectivity index (χ3v) is 4.54. The molecule has 0 bridgehead atoms. The van der Waals surface area contributed by atoms with Crippen LogP contribution >= 0.6 is 0 Å². The fraction of sp³-hybridized carbons (Fsp3) is 0.421. The number of piperazine rings is 1. The van der Waals surface area contributed by atoms with E-state index in [4.69, 9.17) is 0 Å². The lowest BCUT2D eigenvalue weighted by Crippen LogP contribution is -2.50. The van der Waals surface area contributed by atoms with Crippen molar-refractivity contribution in [2.45, 2.75) is 13.0 Å². The lowest BCUT2D eigenvalue weighted by molar-refractivity contribution is 0.145. The van der Waals surface area contributed by atoms with Gasteiger partial charge in [0.25, 0.3) is 0 Å². The molecular formula is C19H26N4O. The lowest BCUT2D eigenvalue weighted by atomic mass is 10.1. The molecule has 5 heteroatoms. The van der Waals surface area contributed by atoms with E-state index in [1.807, 2.05) is 30.3 Å². The molecule has 2 aromatic carbocycles. The van der Waals surface area contributed by atoms with E-state index in [1.165, 1.54) is 0 Å². The molecular weight excluding hydrogens is 300 g/mol. The first-order valence-electron chi connectivity index (χ1n) is 8.58. The van der Waals surface area contributed by atoms with Crippen molar-refractivity contribution in [3.05, 3.63) is 42.5 Å². The van der Waals surface area contributed by atoms with E-state index >= 15 is 0 Å². The number of carbonyl (C=O) groups is 1. The number of benzene rings is 2. The number of fused-ring (bicyclic) bond motifs is 1. The first kappa shape index (κ1) is 16.7. The summed E-state index contributed by atoms with van der Waals surface area (Å²) < 4.78 is 0. The van der Waals surface area contributed by atoms with Gasteiger partial charge in [-0.3, -0.25) is 4.90 Å². The Labute approximate surface area is 143 Å². The lowest BCUT2D eigenvalue weighted by Gasteiger charge is -2.34. The largest absolute Gasteiger partial charge is 0.334 e. The number of hydrogen-bond acceptors (Lipinski definition) is 3. The van der Waals surface area contributed by atoms with Crippen molar-refractivity contribution in [2.75, 3.05) is 45.1 Å². The van der Waals surface area contributed by atoms with Crippen LogP contribution in [-0.2, 0) is 0 Å². The number of carbonyl (C=O) groups excluding carboxylic acids is 1. The van der Waals surface area contributed by atoms with Crippen LogP contribution in [0.5, 0.6) is 0 Å². The molecule has 5 nitrogen and oxygen atoms in total. The quantitative estimate of drug-likeness (QED) is 0.908. The minimum atomic E-state index is -0.145. The Morgan fingerprint density at radius 2 is 1.79 bits per heavy atom. The normalized spacial score (nSPS) is 17.6. The van der Waals surface area contributed by atoms with Crippen molar-refractivity contribution < 1.29 is 4.79 Å². The molecule has 1 aliphatic rings. The molecule has 0 aliphatic carbocycles. The zero-order valence-electron chi connectivity index (χ0n) is 14.5. The van der Waals surface area contributed by atoms with E-state index < -0.39 is 0 Å². The number of rotatable bonds is 4. The SMILES string of the molecule is CC(CN1CCN(C)CC1)NC(=O)Nc1cccc2ccccc12. The monoisotopic (exact) mass is 326 g/mol. The van der Waals surface area contributed by atoms with Gasteiger partial charge < -0.3 is 15.5 Å². The van der Waals surface area contributed by atoms with E-state index in [2.05, 4.69) is 46.5 Å². The van der Waals surface area contributed by atoms with Crippen molar-refractivity contribution in [2.24, 2.45) is 0 Å². The van der Waals surface area contributed by atoms with Gasteiger partial charge in [-0.1, -0.05) is 36.4 Å². The second kappa shape index (κ2) is 7.64. The summed E-state index contributed by atoms with van der Waals surface area (Å²) in [4.78, 5) is 17.1. The van der Waals surface area contributed by atoms with Crippen LogP contribution in [0, 0.1) is 0 Å². The van der Waals surface area contributed by atoms with E-state index in [-0.39, 0.29) is 12.1 Å². The van der Waals surface area contributed by atoms with E-state index in [0.717, 1.165) is 49.2 Å². The molecule has 128 valence electrons. The third-order valence-electron chi connectivity index (χ3n) is 4.54. The summed E-state index contributed by atoms with van der Waals surface area (Å²) in [6.45, 7) is 7.25. The zero-order chi connectivity index (χ0) is 16.9. The molecule has 1 aliphatic heterocycles. The van der Waals surface area contributed by atoms with Gasteiger partial charge in [-0.15, -0.1) is 0 Å². The van der Waals surface area contributed by atoms with Crippen LogP contribution in [0.1, 0.15) is 6.92 Å². The molecule has 0 radical (unpaired) electrons. The summed E-state index contributed by atoms with van der Waals surface area (Å²) in [6.07, 6.45) is 0. The second-order valence-corrected chi connectivity index (χ2v) is 6.63. The third kappa shape index (κ3) is 4.24. The maximum absolute atomic E-state index is 12.3. The number of nitrogens with one attached hydrogen (secondary N) is 2. The zero-order valence-corrected chi connectivity index (χ0v) is 14.5. The Bertz CT molecular complexity index is 689. The molecule has 0 saturated carbocycles. The molecule has 24 heavy (non-hydrogen) atoms. The number of urea groups is 1. The van der Waals surface area contributed by atoms with Gasteiger partial charge in [-0.25, -0.2) is 4.79 Å². The highest BCUT2D eigenvalue weighted by Gasteiger charge is 2.17. The number of likely N-dealkylation sites (N-methyl/N-ethyl adjacent to an activating group) is 1. The van der Waals surface area contributed by atoms with Crippen molar-refractivity contribution in [3.63, 3.8) is 0 Å². The van der Waals surface area contributed by atoms with Gasteiger partial charge in [0.05, 0.1) is 5.69 Å². The highest BCUT2D eigenvalue weighted by Crippen LogP contribution is 2.22. The summed E-state index contributed by atoms with van der Waals surface area (Å²) in [7, 11) is 2.15. The average Bonchev–Trinajstić information content (AvgIpc) is 2.57. The van der Waals surface area contributed by atoms with Gasteiger partial charge in [0, 0.05) is 44.2 Å². The number of anilines is 1. The molecule has 1 unspecified atom stereocenters. The van der Waals surface area contributed by atoms with Gasteiger partial charge in [0.15, 0.2) is 0 Å². The molecule has 0 aromatic heterocycles. The van der Waals surface area contributed by atoms with E-state index in [9.17, 15) is 4.79 Å². The molecule has 1 atom stereocenters. The van der Waals surface area contributed by atoms with Crippen molar-refractivity contribution >= 4 is 22.5 Å². The summed E-state index contributed by atoms with van der Waals surface area (Å²) in [5, 5.41) is 8.21. The van der Waals surface area contributed by atoms with Crippen LogP contribution in [0.15, 0.2) is 42.5 Å². The fourth-order valence-electron chi connectivity index (χ4n) is 3.18. The maximum atomic E-state index is 12.3. The Kier molecular flexibility index (Phi) is 5.33. The Morgan fingerprint density at radius 3 is 2.58 bits per heavy atom. The predicted molar refractivity (Wildman–Crippen MR) is 99.5 cm³/mol. The van der Waals surface area contributed by atoms with Crippen molar-refractivity contribution in [3.8, 4) is 0 Å². The number of hydrogen-bond donors (Lipinski definition) is 2. The van der Waals surface area contributed by atoms with Crippen LogP contribution in [-0.4, -0.2) is 61.6 Å². The molecule has 0 spiro atoms. The van der Waals surface area contributed by atoms with Crippen LogP contribution in [0.3, 0.4) is 0 Å². The predicted octanol–water partition coefficient (Wildman–Crippen LogP) is 2.60.